The fraction of sp³-hybridized carbons (Fsp3) is 0.357. The Kier molecular flexibility index (Phi) is 4.76. The summed E-state index contributed by atoms with van der Waals surface area (Å²) in [6, 6.07) is 7.59. The van der Waals surface area contributed by atoms with Gasteiger partial charge in [-0.05, 0) is 26.1 Å². The molecule has 0 atom stereocenters. The molecule has 0 fully saturated rings. The van der Waals surface area contributed by atoms with Crippen molar-refractivity contribution in [3.05, 3.63) is 39.8 Å². The van der Waals surface area contributed by atoms with Crippen LogP contribution in [0.4, 0.5) is 0 Å². The summed E-state index contributed by atoms with van der Waals surface area (Å²) in [6.07, 6.45) is 0. The monoisotopic (exact) mass is 278 g/mol. The van der Waals surface area contributed by atoms with Crippen LogP contribution in [-0.4, -0.2) is 19.1 Å². The van der Waals surface area contributed by atoms with Crippen molar-refractivity contribution < 1.29 is 9.47 Å². The van der Waals surface area contributed by atoms with Crippen LogP contribution >= 0.6 is 11.3 Å². The third kappa shape index (κ3) is 3.68. The molecule has 1 heterocycles. The lowest BCUT2D eigenvalue weighted by Gasteiger charge is -2.05. The quantitative estimate of drug-likeness (QED) is 0.882. The van der Waals surface area contributed by atoms with Gasteiger partial charge in [0.1, 0.15) is 23.1 Å². The Hall–Kier alpha value is -1.59. The van der Waals surface area contributed by atoms with E-state index in [1.807, 2.05) is 38.2 Å². The molecule has 0 unspecified atom stereocenters. The summed E-state index contributed by atoms with van der Waals surface area (Å²) in [4.78, 5) is 5.77. The number of aryl methyl sites for hydroxylation is 1. The van der Waals surface area contributed by atoms with Gasteiger partial charge in [-0.1, -0.05) is 6.07 Å². The third-order valence-corrected chi connectivity index (χ3v) is 3.81. The maximum Gasteiger partial charge on any atom is 0.140 e. The molecule has 0 aliphatic heterocycles. The Labute approximate surface area is 117 Å². The first-order valence-electron chi connectivity index (χ1n) is 6.09. The summed E-state index contributed by atoms with van der Waals surface area (Å²) in [5.41, 5.74) is 1.07. The Balaban J connectivity index is 1.99. The zero-order valence-electron chi connectivity index (χ0n) is 11.4. The van der Waals surface area contributed by atoms with Gasteiger partial charge in [0.25, 0.3) is 0 Å². The topological polar surface area (TPSA) is 43.4 Å². The Morgan fingerprint density at radius 2 is 2.11 bits per heavy atom. The molecule has 0 aliphatic carbocycles. The zero-order chi connectivity index (χ0) is 13.7. The second kappa shape index (κ2) is 6.54. The molecule has 5 heteroatoms. The number of rotatable bonds is 6. The van der Waals surface area contributed by atoms with Crippen molar-refractivity contribution >= 4 is 11.3 Å². The molecule has 1 aromatic heterocycles. The first-order valence-corrected chi connectivity index (χ1v) is 6.91. The summed E-state index contributed by atoms with van der Waals surface area (Å²) in [7, 11) is 3.58. The number of aromatic nitrogens is 1. The van der Waals surface area contributed by atoms with E-state index < -0.39 is 0 Å². The smallest absolute Gasteiger partial charge is 0.140 e. The number of nitrogens with zero attached hydrogens (tertiary/aromatic N) is 1. The number of thiazole rings is 1. The number of nitrogens with one attached hydrogen (secondary N) is 1. The average molecular weight is 278 g/mol. The van der Waals surface area contributed by atoms with Gasteiger partial charge in [0, 0.05) is 17.5 Å². The minimum Gasteiger partial charge on any atom is -0.497 e. The zero-order valence-corrected chi connectivity index (χ0v) is 12.2. The van der Waals surface area contributed by atoms with Crippen molar-refractivity contribution in [1.82, 2.24) is 10.3 Å². The maximum absolute atomic E-state index is 5.73. The van der Waals surface area contributed by atoms with Gasteiger partial charge >= 0.3 is 0 Å². The molecule has 2 rings (SSSR count). The SMILES string of the molecule is CNCc1sc(COc2cccc(OC)c2)nc1C. The van der Waals surface area contributed by atoms with Gasteiger partial charge in [0.05, 0.1) is 12.8 Å². The third-order valence-electron chi connectivity index (χ3n) is 2.68. The second-order valence-electron chi connectivity index (χ2n) is 4.11. The predicted molar refractivity (Wildman–Crippen MR) is 76.9 cm³/mol. The lowest BCUT2D eigenvalue weighted by molar-refractivity contribution is 0.303. The maximum atomic E-state index is 5.73. The van der Waals surface area contributed by atoms with Crippen LogP contribution in [0.15, 0.2) is 24.3 Å². The van der Waals surface area contributed by atoms with E-state index in [1.54, 1.807) is 18.4 Å². The molecule has 2 aromatic rings. The number of benzene rings is 1. The normalized spacial score (nSPS) is 10.5. The summed E-state index contributed by atoms with van der Waals surface area (Å²) in [5.74, 6) is 1.59. The van der Waals surface area contributed by atoms with E-state index in [0.29, 0.717) is 6.61 Å². The molecule has 0 aliphatic rings. The van der Waals surface area contributed by atoms with E-state index in [9.17, 15) is 0 Å². The minimum absolute atomic E-state index is 0.488. The molecule has 4 nitrogen and oxygen atoms in total. The first-order chi connectivity index (χ1) is 9.22. The number of methoxy groups -OCH3 is 1. The average Bonchev–Trinajstić information content (AvgIpc) is 2.78. The van der Waals surface area contributed by atoms with E-state index in [0.717, 1.165) is 28.7 Å². The predicted octanol–water partition coefficient (Wildman–Crippen LogP) is 2.76. The molecule has 0 bridgehead atoms. The van der Waals surface area contributed by atoms with E-state index in [1.165, 1.54) is 4.88 Å². The van der Waals surface area contributed by atoms with E-state index in [2.05, 4.69) is 10.3 Å². The van der Waals surface area contributed by atoms with Crippen molar-refractivity contribution in [3.8, 4) is 11.5 Å². The Morgan fingerprint density at radius 1 is 1.32 bits per heavy atom. The summed E-state index contributed by atoms with van der Waals surface area (Å²) in [6.45, 7) is 3.36. The Morgan fingerprint density at radius 3 is 2.84 bits per heavy atom. The molecule has 0 amide bonds. The number of hydrogen-bond donors (Lipinski definition) is 1. The standard InChI is InChI=1S/C14H18N2O2S/c1-10-13(8-15-2)19-14(16-10)9-18-12-6-4-5-11(7-12)17-3/h4-7,15H,8-9H2,1-3H3. The van der Waals surface area contributed by atoms with Gasteiger partial charge in [-0.15, -0.1) is 11.3 Å². The van der Waals surface area contributed by atoms with Crippen LogP contribution in [0, 0.1) is 6.92 Å². The van der Waals surface area contributed by atoms with Gasteiger partial charge in [-0.25, -0.2) is 4.98 Å². The lowest BCUT2D eigenvalue weighted by Crippen LogP contribution is -2.04. The highest BCUT2D eigenvalue weighted by molar-refractivity contribution is 7.11. The van der Waals surface area contributed by atoms with Crippen molar-refractivity contribution in [2.24, 2.45) is 0 Å². The molecule has 0 saturated carbocycles. The van der Waals surface area contributed by atoms with Gasteiger partial charge in [-0.2, -0.15) is 0 Å². The summed E-state index contributed by atoms with van der Waals surface area (Å²) >= 11 is 1.68. The van der Waals surface area contributed by atoms with E-state index in [-0.39, 0.29) is 0 Å². The van der Waals surface area contributed by atoms with Crippen molar-refractivity contribution in [1.29, 1.82) is 0 Å². The second-order valence-corrected chi connectivity index (χ2v) is 5.28. The molecule has 1 N–H and O–H groups in total. The van der Waals surface area contributed by atoms with Crippen LogP contribution in [-0.2, 0) is 13.2 Å². The molecule has 1 aromatic carbocycles. The molecule has 102 valence electrons. The molecule has 0 saturated heterocycles. The Bertz CT molecular complexity index is 540. The largest absolute Gasteiger partial charge is 0.497 e. The minimum atomic E-state index is 0.488. The van der Waals surface area contributed by atoms with Gasteiger partial charge in [0.15, 0.2) is 0 Å². The summed E-state index contributed by atoms with van der Waals surface area (Å²) in [5, 5.41) is 4.13. The molecule has 0 radical (unpaired) electrons. The molecular formula is C14H18N2O2S. The van der Waals surface area contributed by atoms with E-state index >= 15 is 0 Å². The van der Waals surface area contributed by atoms with Crippen LogP contribution in [0.25, 0.3) is 0 Å². The van der Waals surface area contributed by atoms with Gasteiger partial charge in [0.2, 0.25) is 0 Å². The molecular weight excluding hydrogens is 260 g/mol. The summed E-state index contributed by atoms with van der Waals surface area (Å²) < 4.78 is 10.9. The molecule has 19 heavy (non-hydrogen) atoms. The van der Waals surface area contributed by atoms with Crippen LogP contribution in [0.1, 0.15) is 15.6 Å². The fourth-order valence-electron chi connectivity index (χ4n) is 1.71. The highest BCUT2D eigenvalue weighted by Gasteiger charge is 2.07. The molecule has 0 spiro atoms. The van der Waals surface area contributed by atoms with E-state index in [4.69, 9.17) is 9.47 Å². The number of ether oxygens (including phenoxy) is 2. The van der Waals surface area contributed by atoms with Crippen molar-refractivity contribution in [2.75, 3.05) is 14.2 Å². The van der Waals surface area contributed by atoms with Crippen molar-refractivity contribution in [3.63, 3.8) is 0 Å². The highest BCUT2D eigenvalue weighted by atomic mass is 32.1. The van der Waals surface area contributed by atoms with Crippen LogP contribution in [0.3, 0.4) is 0 Å². The highest BCUT2D eigenvalue weighted by Crippen LogP contribution is 2.22. The lowest BCUT2D eigenvalue weighted by atomic mass is 10.3. The van der Waals surface area contributed by atoms with Gasteiger partial charge < -0.3 is 14.8 Å². The fourth-order valence-corrected chi connectivity index (χ4v) is 2.71. The van der Waals surface area contributed by atoms with Crippen LogP contribution in [0.5, 0.6) is 11.5 Å². The van der Waals surface area contributed by atoms with Crippen molar-refractivity contribution in [2.45, 2.75) is 20.1 Å². The van der Waals surface area contributed by atoms with Gasteiger partial charge in [-0.3, -0.25) is 0 Å². The number of hydrogen-bond acceptors (Lipinski definition) is 5. The first kappa shape index (κ1) is 13.8. The van der Waals surface area contributed by atoms with Crippen LogP contribution < -0.4 is 14.8 Å². The van der Waals surface area contributed by atoms with Crippen LogP contribution in [0.2, 0.25) is 0 Å².